The summed E-state index contributed by atoms with van der Waals surface area (Å²) >= 11 is 5.76. The first-order valence-corrected chi connectivity index (χ1v) is 5.06. The summed E-state index contributed by atoms with van der Waals surface area (Å²) in [6.07, 6.45) is 0.0612. The second-order valence-corrected chi connectivity index (χ2v) is 3.82. The van der Waals surface area contributed by atoms with E-state index in [-0.39, 0.29) is 23.5 Å². The molecule has 0 fully saturated rings. The Labute approximate surface area is 94.0 Å². The van der Waals surface area contributed by atoms with E-state index in [2.05, 4.69) is 0 Å². The van der Waals surface area contributed by atoms with Gasteiger partial charge in [-0.2, -0.15) is 0 Å². The Morgan fingerprint density at radius 3 is 2.60 bits per heavy atom. The lowest BCUT2D eigenvalue weighted by Gasteiger charge is -2.11. The summed E-state index contributed by atoms with van der Waals surface area (Å²) in [5.41, 5.74) is 0.449. The van der Waals surface area contributed by atoms with Crippen molar-refractivity contribution < 1.29 is 13.9 Å². The molecule has 0 bridgehead atoms. The first-order valence-electron chi connectivity index (χ1n) is 4.68. The lowest BCUT2D eigenvalue weighted by Crippen LogP contribution is -2.04. The summed E-state index contributed by atoms with van der Waals surface area (Å²) in [5.74, 6) is -0.382. The number of halogens is 2. The molecule has 0 amide bonds. The van der Waals surface area contributed by atoms with Gasteiger partial charge in [0.25, 0.3) is 0 Å². The van der Waals surface area contributed by atoms with Gasteiger partial charge in [0.2, 0.25) is 0 Å². The van der Waals surface area contributed by atoms with Gasteiger partial charge >= 0.3 is 0 Å². The largest absolute Gasteiger partial charge is 0.492 e. The third-order valence-electron chi connectivity index (χ3n) is 1.91. The van der Waals surface area contributed by atoms with E-state index in [1.807, 2.05) is 13.8 Å². The number of rotatable bonds is 4. The first-order chi connectivity index (χ1) is 7.06. The predicted molar refractivity (Wildman–Crippen MR) is 57.9 cm³/mol. The predicted octanol–water partition coefficient (Wildman–Crippen LogP) is 3.41. The summed E-state index contributed by atoms with van der Waals surface area (Å²) in [4.78, 5) is 0. The standard InChI is InChI=1S/C11H14ClFO2/c1-7(2)15-6-8-4-5-9(12)11(14-3)10(8)13/h4-5,7H,6H2,1-3H3. The molecule has 84 valence electrons. The van der Waals surface area contributed by atoms with Crippen LogP contribution >= 0.6 is 11.6 Å². The average molecular weight is 233 g/mol. The molecular formula is C11H14ClFO2. The van der Waals surface area contributed by atoms with Crippen LogP contribution in [0.25, 0.3) is 0 Å². The van der Waals surface area contributed by atoms with E-state index in [4.69, 9.17) is 21.1 Å². The van der Waals surface area contributed by atoms with Crippen molar-refractivity contribution in [1.29, 1.82) is 0 Å². The summed E-state index contributed by atoms with van der Waals surface area (Å²) < 4.78 is 23.9. The minimum Gasteiger partial charge on any atom is -0.492 e. The monoisotopic (exact) mass is 232 g/mol. The molecule has 0 saturated heterocycles. The van der Waals surface area contributed by atoms with Crippen LogP contribution in [0.1, 0.15) is 19.4 Å². The molecule has 1 rings (SSSR count). The second-order valence-electron chi connectivity index (χ2n) is 3.41. The van der Waals surface area contributed by atoms with Gasteiger partial charge < -0.3 is 9.47 Å². The number of ether oxygens (including phenoxy) is 2. The zero-order chi connectivity index (χ0) is 11.4. The minimum atomic E-state index is -0.453. The lowest BCUT2D eigenvalue weighted by atomic mass is 10.2. The lowest BCUT2D eigenvalue weighted by molar-refractivity contribution is 0.0637. The van der Waals surface area contributed by atoms with Gasteiger partial charge in [-0.05, 0) is 19.9 Å². The Bertz CT molecular complexity index is 340. The van der Waals surface area contributed by atoms with E-state index in [0.29, 0.717) is 5.56 Å². The Morgan fingerprint density at radius 1 is 1.40 bits per heavy atom. The number of hydrogen-bond acceptors (Lipinski definition) is 2. The van der Waals surface area contributed by atoms with Crippen LogP contribution in [0.15, 0.2) is 12.1 Å². The average Bonchev–Trinajstić information content (AvgIpc) is 2.17. The second kappa shape index (κ2) is 5.33. The summed E-state index contributed by atoms with van der Waals surface area (Å²) in [6.45, 7) is 4.01. The van der Waals surface area contributed by atoms with Gasteiger partial charge in [-0.25, -0.2) is 4.39 Å². The molecule has 2 nitrogen and oxygen atoms in total. The molecule has 15 heavy (non-hydrogen) atoms. The van der Waals surface area contributed by atoms with Crippen molar-refractivity contribution in [3.8, 4) is 5.75 Å². The third kappa shape index (κ3) is 3.08. The molecule has 0 aromatic heterocycles. The quantitative estimate of drug-likeness (QED) is 0.792. The van der Waals surface area contributed by atoms with Crippen LogP contribution in [0, 0.1) is 5.82 Å². The van der Waals surface area contributed by atoms with Crippen LogP contribution in [-0.4, -0.2) is 13.2 Å². The minimum absolute atomic E-state index is 0.0612. The maximum Gasteiger partial charge on any atom is 0.173 e. The molecule has 0 heterocycles. The van der Waals surface area contributed by atoms with Crippen LogP contribution < -0.4 is 4.74 Å². The van der Waals surface area contributed by atoms with E-state index in [0.717, 1.165) is 0 Å². The van der Waals surface area contributed by atoms with Gasteiger partial charge in [-0.3, -0.25) is 0 Å². The summed E-state index contributed by atoms with van der Waals surface area (Å²) in [7, 11) is 1.39. The fraction of sp³-hybridized carbons (Fsp3) is 0.455. The maximum atomic E-state index is 13.7. The van der Waals surface area contributed by atoms with Gasteiger partial charge in [-0.15, -0.1) is 0 Å². The molecule has 1 aromatic rings. The Hall–Kier alpha value is -0.800. The molecule has 0 atom stereocenters. The highest BCUT2D eigenvalue weighted by Gasteiger charge is 2.13. The molecule has 0 saturated carbocycles. The van der Waals surface area contributed by atoms with Crippen LogP contribution in [0.5, 0.6) is 5.75 Å². The van der Waals surface area contributed by atoms with Crippen LogP contribution in [0.4, 0.5) is 4.39 Å². The molecule has 0 spiro atoms. The topological polar surface area (TPSA) is 18.5 Å². The molecule has 0 radical (unpaired) electrons. The Morgan fingerprint density at radius 2 is 2.07 bits per heavy atom. The van der Waals surface area contributed by atoms with E-state index >= 15 is 0 Å². The summed E-state index contributed by atoms with van der Waals surface area (Å²) in [5, 5.41) is 0.267. The van der Waals surface area contributed by atoms with Crippen molar-refractivity contribution in [2.75, 3.05) is 7.11 Å². The molecule has 0 unspecified atom stereocenters. The highest BCUT2D eigenvalue weighted by atomic mass is 35.5. The molecular weight excluding hydrogens is 219 g/mol. The number of hydrogen-bond donors (Lipinski definition) is 0. The van der Waals surface area contributed by atoms with Crippen LogP contribution in [0.2, 0.25) is 5.02 Å². The van der Waals surface area contributed by atoms with Crippen molar-refractivity contribution in [3.05, 3.63) is 28.5 Å². The molecule has 0 aliphatic rings. The number of benzene rings is 1. The zero-order valence-electron chi connectivity index (χ0n) is 9.01. The van der Waals surface area contributed by atoms with Gasteiger partial charge in [0.05, 0.1) is 24.8 Å². The third-order valence-corrected chi connectivity index (χ3v) is 2.20. The van der Waals surface area contributed by atoms with Crippen molar-refractivity contribution in [2.45, 2.75) is 26.6 Å². The first kappa shape index (κ1) is 12.3. The van der Waals surface area contributed by atoms with Crippen LogP contribution in [0.3, 0.4) is 0 Å². The van der Waals surface area contributed by atoms with E-state index in [1.54, 1.807) is 12.1 Å². The fourth-order valence-electron chi connectivity index (χ4n) is 1.13. The zero-order valence-corrected chi connectivity index (χ0v) is 9.77. The van der Waals surface area contributed by atoms with Gasteiger partial charge in [-0.1, -0.05) is 17.7 Å². The normalized spacial score (nSPS) is 10.8. The Balaban J connectivity index is 2.90. The van der Waals surface area contributed by atoms with Gasteiger partial charge in [0, 0.05) is 5.56 Å². The van der Waals surface area contributed by atoms with Gasteiger partial charge in [0.15, 0.2) is 11.6 Å². The summed E-state index contributed by atoms with van der Waals surface area (Å²) in [6, 6.07) is 3.20. The highest BCUT2D eigenvalue weighted by Crippen LogP contribution is 2.29. The van der Waals surface area contributed by atoms with Crippen LogP contribution in [-0.2, 0) is 11.3 Å². The fourth-order valence-corrected chi connectivity index (χ4v) is 1.35. The molecule has 0 aliphatic heterocycles. The highest BCUT2D eigenvalue weighted by molar-refractivity contribution is 6.32. The molecule has 4 heteroatoms. The van der Waals surface area contributed by atoms with Gasteiger partial charge in [0.1, 0.15) is 0 Å². The number of methoxy groups -OCH3 is 1. The molecule has 1 aromatic carbocycles. The molecule has 0 aliphatic carbocycles. The SMILES string of the molecule is COc1c(Cl)ccc(COC(C)C)c1F. The Kier molecular flexibility index (Phi) is 4.36. The van der Waals surface area contributed by atoms with Crippen molar-refractivity contribution >= 4 is 11.6 Å². The van der Waals surface area contributed by atoms with Crippen molar-refractivity contribution in [3.63, 3.8) is 0 Å². The maximum absolute atomic E-state index is 13.7. The van der Waals surface area contributed by atoms with E-state index < -0.39 is 5.82 Å². The van der Waals surface area contributed by atoms with E-state index in [1.165, 1.54) is 7.11 Å². The molecule has 0 N–H and O–H groups in total. The van der Waals surface area contributed by atoms with Crippen molar-refractivity contribution in [2.24, 2.45) is 0 Å². The van der Waals surface area contributed by atoms with Crippen molar-refractivity contribution in [1.82, 2.24) is 0 Å². The smallest absolute Gasteiger partial charge is 0.173 e. The van der Waals surface area contributed by atoms with E-state index in [9.17, 15) is 4.39 Å².